The maximum atomic E-state index is 9.44. The van der Waals surface area contributed by atoms with Gasteiger partial charge in [-0.1, -0.05) is 0 Å². The molecule has 82 valence electrons. The van der Waals surface area contributed by atoms with Crippen molar-refractivity contribution in [3.63, 3.8) is 0 Å². The van der Waals surface area contributed by atoms with Crippen molar-refractivity contribution in [2.75, 3.05) is 0 Å². The van der Waals surface area contributed by atoms with Crippen LogP contribution in [0.25, 0.3) is 12.2 Å². The number of hydrogen-bond acceptors (Lipinski definition) is 3. The van der Waals surface area contributed by atoms with Crippen LogP contribution in [-0.4, -0.2) is 17.5 Å². The van der Waals surface area contributed by atoms with Crippen molar-refractivity contribution in [2.45, 2.75) is 19.3 Å². The van der Waals surface area contributed by atoms with E-state index in [0.29, 0.717) is 5.75 Å². The monoisotopic (exact) mass is 216 g/mol. The van der Waals surface area contributed by atoms with E-state index in [1.165, 1.54) is 0 Å². The van der Waals surface area contributed by atoms with Gasteiger partial charge in [-0.15, -0.1) is 0 Å². The largest absolute Gasteiger partial charge is 0.486 e. The Morgan fingerprint density at radius 1 is 1.12 bits per heavy atom. The summed E-state index contributed by atoms with van der Waals surface area (Å²) in [6.45, 7) is 1.98. The fourth-order valence-corrected chi connectivity index (χ4v) is 1.94. The Morgan fingerprint density at radius 3 is 2.88 bits per heavy atom. The van der Waals surface area contributed by atoms with Gasteiger partial charge < -0.3 is 14.6 Å². The average Bonchev–Trinajstić information content (AvgIpc) is 2.28. The first-order valence-corrected chi connectivity index (χ1v) is 5.29. The SMILES string of the molecule is CC1C=Cc2c(ccc3c2OC(O)C=C3)O1. The van der Waals surface area contributed by atoms with Crippen LogP contribution < -0.4 is 9.47 Å². The molecule has 3 heteroatoms. The molecular weight excluding hydrogens is 204 g/mol. The molecule has 0 fully saturated rings. The van der Waals surface area contributed by atoms with E-state index in [9.17, 15) is 5.11 Å². The summed E-state index contributed by atoms with van der Waals surface area (Å²) < 4.78 is 11.1. The summed E-state index contributed by atoms with van der Waals surface area (Å²) in [5, 5.41) is 9.44. The van der Waals surface area contributed by atoms with Crippen LogP contribution in [0.5, 0.6) is 11.5 Å². The van der Waals surface area contributed by atoms with Gasteiger partial charge in [-0.05, 0) is 43.4 Å². The minimum absolute atomic E-state index is 0.0783. The van der Waals surface area contributed by atoms with E-state index in [1.807, 2.05) is 37.3 Å². The maximum absolute atomic E-state index is 9.44. The van der Waals surface area contributed by atoms with E-state index >= 15 is 0 Å². The van der Waals surface area contributed by atoms with E-state index in [0.717, 1.165) is 16.9 Å². The Hall–Kier alpha value is -1.74. The lowest BCUT2D eigenvalue weighted by molar-refractivity contribution is 0.0226. The second kappa shape index (κ2) is 3.39. The molecule has 2 heterocycles. The number of fused-ring (bicyclic) bond motifs is 3. The van der Waals surface area contributed by atoms with Gasteiger partial charge in [-0.3, -0.25) is 0 Å². The van der Waals surface area contributed by atoms with E-state index in [-0.39, 0.29) is 6.10 Å². The Kier molecular flexibility index (Phi) is 2.01. The molecule has 1 aromatic carbocycles. The fraction of sp³-hybridized carbons (Fsp3) is 0.231. The summed E-state index contributed by atoms with van der Waals surface area (Å²) in [5.74, 6) is 1.49. The van der Waals surface area contributed by atoms with Crippen LogP contribution in [0.4, 0.5) is 0 Å². The number of aliphatic hydroxyl groups is 1. The molecule has 3 rings (SSSR count). The first-order valence-electron chi connectivity index (χ1n) is 5.29. The van der Waals surface area contributed by atoms with Crippen molar-refractivity contribution in [2.24, 2.45) is 0 Å². The molecule has 0 bridgehead atoms. The predicted molar refractivity (Wildman–Crippen MR) is 61.2 cm³/mol. The lowest BCUT2D eigenvalue weighted by atomic mass is 10.0. The van der Waals surface area contributed by atoms with E-state index in [4.69, 9.17) is 9.47 Å². The zero-order chi connectivity index (χ0) is 11.1. The normalized spacial score (nSPS) is 25.4. The van der Waals surface area contributed by atoms with Crippen molar-refractivity contribution < 1.29 is 14.6 Å². The topological polar surface area (TPSA) is 38.7 Å². The number of aliphatic hydroxyl groups excluding tert-OH is 1. The molecule has 1 N–H and O–H groups in total. The highest BCUT2D eigenvalue weighted by molar-refractivity contribution is 5.74. The van der Waals surface area contributed by atoms with Crippen LogP contribution in [0, 0.1) is 0 Å². The van der Waals surface area contributed by atoms with Gasteiger partial charge in [0, 0.05) is 5.56 Å². The number of hydrogen-bond donors (Lipinski definition) is 1. The summed E-state index contributed by atoms with van der Waals surface area (Å²) in [4.78, 5) is 0. The Labute approximate surface area is 93.6 Å². The standard InChI is InChI=1S/C13H12O3/c1-8-2-5-10-11(15-8)6-3-9-4-7-12(14)16-13(9)10/h2-8,12,14H,1H3. The van der Waals surface area contributed by atoms with Crippen LogP contribution in [0.1, 0.15) is 18.1 Å². The maximum Gasteiger partial charge on any atom is 0.217 e. The zero-order valence-electron chi connectivity index (χ0n) is 8.88. The van der Waals surface area contributed by atoms with Gasteiger partial charge in [-0.25, -0.2) is 0 Å². The van der Waals surface area contributed by atoms with Crippen molar-refractivity contribution >= 4 is 12.2 Å². The molecule has 0 aromatic heterocycles. The smallest absolute Gasteiger partial charge is 0.217 e. The van der Waals surface area contributed by atoms with Gasteiger partial charge in [0.25, 0.3) is 0 Å². The lowest BCUT2D eigenvalue weighted by Crippen LogP contribution is -2.18. The summed E-state index contributed by atoms with van der Waals surface area (Å²) in [6, 6.07) is 3.86. The minimum Gasteiger partial charge on any atom is -0.486 e. The zero-order valence-corrected chi connectivity index (χ0v) is 8.88. The van der Waals surface area contributed by atoms with Gasteiger partial charge >= 0.3 is 0 Å². The molecule has 3 nitrogen and oxygen atoms in total. The second-order valence-electron chi connectivity index (χ2n) is 3.95. The van der Waals surface area contributed by atoms with Crippen molar-refractivity contribution in [3.8, 4) is 11.5 Å². The van der Waals surface area contributed by atoms with Gasteiger partial charge in [0.2, 0.25) is 6.29 Å². The van der Waals surface area contributed by atoms with Crippen LogP contribution in [0.15, 0.2) is 24.3 Å². The van der Waals surface area contributed by atoms with Crippen molar-refractivity contribution in [1.29, 1.82) is 0 Å². The third kappa shape index (κ3) is 1.41. The third-order valence-corrected chi connectivity index (χ3v) is 2.71. The van der Waals surface area contributed by atoms with Crippen LogP contribution in [0.3, 0.4) is 0 Å². The Morgan fingerprint density at radius 2 is 2.00 bits per heavy atom. The quantitative estimate of drug-likeness (QED) is 0.722. The molecule has 0 amide bonds. The first-order chi connectivity index (χ1) is 7.74. The second-order valence-corrected chi connectivity index (χ2v) is 3.95. The highest BCUT2D eigenvalue weighted by Crippen LogP contribution is 2.39. The summed E-state index contributed by atoms with van der Waals surface area (Å²) in [7, 11) is 0. The van der Waals surface area contributed by atoms with E-state index in [1.54, 1.807) is 6.08 Å². The molecule has 2 atom stereocenters. The highest BCUT2D eigenvalue weighted by Gasteiger charge is 2.21. The first kappa shape index (κ1) is 9.48. The lowest BCUT2D eigenvalue weighted by Gasteiger charge is -2.24. The molecule has 2 aliphatic heterocycles. The molecule has 0 saturated carbocycles. The Bertz CT molecular complexity index is 488. The van der Waals surface area contributed by atoms with Gasteiger partial charge in [-0.2, -0.15) is 0 Å². The number of rotatable bonds is 0. The molecule has 0 saturated heterocycles. The average molecular weight is 216 g/mol. The summed E-state index contributed by atoms with van der Waals surface area (Å²) >= 11 is 0. The van der Waals surface area contributed by atoms with Crippen LogP contribution in [0.2, 0.25) is 0 Å². The minimum atomic E-state index is -0.869. The van der Waals surface area contributed by atoms with Crippen molar-refractivity contribution in [3.05, 3.63) is 35.4 Å². The number of ether oxygens (including phenoxy) is 2. The Balaban J connectivity index is 2.15. The molecule has 0 spiro atoms. The molecule has 1 aromatic rings. The number of benzene rings is 1. The molecule has 2 aliphatic rings. The molecule has 0 aliphatic carbocycles. The predicted octanol–water partition coefficient (Wildman–Crippen LogP) is 2.20. The summed E-state index contributed by atoms with van der Waals surface area (Å²) in [6.07, 6.45) is 6.63. The summed E-state index contributed by atoms with van der Waals surface area (Å²) in [5.41, 5.74) is 1.87. The van der Waals surface area contributed by atoms with Gasteiger partial charge in [0.15, 0.2) is 0 Å². The fourth-order valence-electron chi connectivity index (χ4n) is 1.94. The van der Waals surface area contributed by atoms with Gasteiger partial charge in [0.1, 0.15) is 17.6 Å². The van der Waals surface area contributed by atoms with Crippen LogP contribution >= 0.6 is 0 Å². The van der Waals surface area contributed by atoms with Crippen LogP contribution in [-0.2, 0) is 0 Å². The van der Waals surface area contributed by atoms with Gasteiger partial charge in [0.05, 0.1) is 5.56 Å². The van der Waals surface area contributed by atoms with E-state index < -0.39 is 6.29 Å². The molecular formula is C13H12O3. The third-order valence-electron chi connectivity index (χ3n) is 2.71. The molecule has 0 radical (unpaired) electrons. The highest BCUT2D eigenvalue weighted by atomic mass is 16.6. The molecule has 16 heavy (non-hydrogen) atoms. The van der Waals surface area contributed by atoms with Crippen molar-refractivity contribution in [1.82, 2.24) is 0 Å². The molecule has 2 unspecified atom stereocenters. The van der Waals surface area contributed by atoms with E-state index in [2.05, 4.69) is 0 Å².